The van der Waals surface area contributed by atoms with E-state index in [4.69, 9.17) is 5.11 Å². The van der Waals surface area contributed by atoms with Crippen LogP contribution in [0.4, 0.5) is 0 Å². The molecular weight excluding hydrogens is 192 g/mol. The number of nitrogens with zero attached hydrogens (tertiary/aromatic N) is 2. The molecule has 0 aliphatic heterocycles. The summed E-state index contributed by atoms with van der Waals surface area (Å²) in [5.74, 6) is -0.423. The first-order chi connectivity index (χ1) is 6.91. The Morgan fingerprint density at radius 3 is 2.40 bits per heavy atom. The van der Waals surface area contributed by atoms with Gasteiger partial charge in [0.25, 0.3) is 0 Å². The summed E-state index contributed by atoms with van der Waals surface area (Å²) in [7, 11) is 0. The third-order valence-electron chi connectivity index (χ3n) is 2.11. The predicted octanol–water partition coefficient (Wildman–Crippen LogP) is 2.36. The molecule has 0 fully saturated rings. The highest BCUT2D eigenvalue weighted by atomic mass is 16.4. The summed E-state index contributed by atoms with van der Waals surface area (Å²) in [6.45, 7) is 8.04. The molecule has 0 amide bonds. The van der Waals surface area contributed by atoms with Crippen molar-refractivity contribution < 1.29 is 9.90 Å². The van der Waals surface area contributed by atoms with Crippen molar-refractivity contribution in [1.29, 1.82) is 0 Å². The number of hydrogen-bond donors (Lipinski definition) is 1. The van der Waals surface area contributed by atoms with Gasteiger partial charge in [-0.15, -0.1) is 0 Å². The molecule has 0 unspecified atom stereocenters. The minimum atomic E-state index is -0.911. The monoisotopic (exact) mass is 210 g/mol. The van der Waals surface area contributed by atoms with E-state index < -0.39 is 5.97 Å². The maximum absolute atomic E-state index is 11.0. The molecule has 0 atom stereocenters. The van der Waals surface area contributed by atoms with Crippen molar-refractivity contribution in [2.24, 2.45) is 5.92 Å². The number of carboxylic acid groups (broad SMARTS) is 1. The van der Waals surface area contributed by atoms with Gasteiger partial charge in [0, 0.05) is 6.04 Å². The Labute approximate surface area is 89.9 Å². The van der Waals surface area contributed by atoms with Gasteiger partial charge in [-0.05, 0) is 32.3 Å². The molecular formula is C11H18N2O2. The highest BCUT2D eigenvalue weighted by Gasteiger charge is 2.16. The summed E-state index contributed by atoms with van der Waals surface area (Å²) in [5.41, 5.74) is 1.14. The Balaban J connectivity index is 3.04. The van der Waals surface area contributed by atoms with Crippen LogP contribution in [0.25, 0.3) is 0 Å². The summed E-state index contributed by atoms with van der Waals surface area (Å²) in [4.78, 5) is 11.0. The van der Waals surface area contributed by atoms with Crippen molar-refractivity contribution >= 4 is 5.97 Å². The van der Waals surface area contributed by atoms with Crippen LogP contribution in [0.3, 0.4) is 0 Å². The quantitative estimate of drug-likeness (QED) is 0.830. The minimum absolute atomic E-state index is 0.0806. The molecule has 0 saturated carbocycles. The Hall–Kier alpha value is -1.32. The zero-order chi connectivity index (χ0) is 11.6. The molecule has 0 saturated heterocycles. The number of aromatic nitrogens is 2. The van der Waals surface area contributed by atoms with Gasteiger partial charge in [0.1, 0.15) is 5.69 Å². The molecule has 0 aromatic carbocycles. The van der Waals surface area contributed by atoms with Crippen LogP contribution < -0.4 is 0 Å². The van der Waals surface area contributed by atoms with E-state index >= 15 is 0 Å². The van der Waals surface area contributed by atoms with Gasteiger partial charge in [-0.3, -0.25) is 4.68 Å². The molecule has 0 bridgehead atoms. The predicted molar refractivity (Wildman–Crippen MR) is 58.1 cm³/mol. The molecule has 1 aromatic rings. The average Bonchev–Trinajstić information content (AvgIpc) is 2.46. The number of hydrogen-bond acceptors (Lipinski definition) is 2. The summed E-state index contributed by atoms with van der Waals surface area (Å²) >= 11 is 0. The van der Waals surface area contributed by atoms with Crippen LogP contribution >= 0.6 is 0 Å². The van der Waals surface area contributed by atoms with E-state index in [-0.39, 0.29) is 11.7 Å². The van der Waals surface area contributed by atoms with Gasteiger partial charge in [-0.1, -0.05) is 13.8 Å². The van der Waals surface area contributed by atoms with E-state index in [0.29, 0.717) is 5.92 Å². The van der Waals surface area contributed by atoms with Crippen molar-refractivity contribution in [3.8, 4) is 0 Å². The first-order valence-electron chi connectivity index (χ1n) is 5.23. The second-order valence-electron chi connectivity index (χ2n) is 4.46. The highest BCUT2D eigenvalue weighted by molar-refractivity contribution is 5.85. The van der Waals surface area contributed by atoms with Gasteiger partial charge in [0.2, 0.25) is 0 Å². The molecule has 4 nitrogen and oxygen atoms in total. The van der Waals surface area contributed by atoms with Crippen LogP contribution in [0.2, 0.25) is 0 Å². The first kappa shape index (κ1) is 11.8. The molecule has 1 N–H and O–H groups in total. The molecule has 4 heteroatoms. The topological polar surface area (TPSA) is 55.1 Å². The van der Waals surface area contributed by atoms with Gasteiger partial charge in [-0.2, -0.15) is 5.10 Å². The molecule has 1 heterocycles. The lowest BCUT2D eigenvalue weighted by molar-refractivity contribution is 0.0681. The highest BCUT2D eigenvalue weighted by Crippen LogP contribution is 2.14. The molecule has 0 spiro atoms. The zero-order valence-corrected chi connectivity index (χ0v) is 9.69. The summed E-state index contributed by atoms with van der Waals surface area (Å²) < 4.78 is 1.57. The van der Waals surface area contributed by atoms with Gasteiger partial charge >= 0.3 is 5.97 Å². The Morgan fingerprint density at radius 1 is 1.47 bits per heavy atom. The summed E-state index contributed by atoms with van der Waals surface area (Å²) in [5, 5.41) is 13.3. The number of aromatic carboxylic acids is 1. The molecule has 1 aromatic heterocycles. The third-order valence-corrected chi connectivity index (χ3v) is 2.11. The van der Waals surface area contributed by atoms with Crippen molar-refractivity contribution in [2.75, 3.05) is 0 Å². The molecule has 0 aliphatic rings. The van der Waals surface area contributed by atoms with E-state index in [1.807, 2.05) is 13.8 Å². The fourth-order valence-electron chi connectivity index (χ4n) is 1.52. The van der Waals surface area contributed by atoms with Crippen LogP contribution in [-0.4, -0.2) is 20.9 Å². The van der Waals surface area contributed by atoms with Crippen molar-refractivity contribution in [3.05, 3.63) is 17.5 Å². The van der Waals surface area contributed by atoms with E-state index in [0.717, 1.165) is 12.1 Å². The minimum Gasteiger partial charge on any atom is -0.477 e. The van der Waals surface area contributed by atoms with Crippen LogP contribution in [0.1, 0.15) is 49.9 Å². The van der Waals surface area contributed by atoms with Crippen molar-refractivity contribution in [3.63, 3.8) is 0 Å². The number of rotatable bonds is 4. The van der Waals surface area contributed by atoms with Gasteiger partial charge in [0.15, 0.2) is 0 Å². The molecule has 84 valence electrons. The lowest BCUT2D eigenvalue weighted by Crippen LogP contribution is -2.11. The SMILES string of the molecule is CC(C)Cc1cc(C(=O)O)n(C(C)C)n1. The number of carbonyl (C=O) groups is 1. The van der Waals surface area contributed by atoms with Gasteiger partial charge in [-0.25, -0.2) is 4.79 Å². The van der Waals surface area contributed by atoms with Gasteiger partial charge in [0.05, 0.1) is 5.69 Å². The Bertz CT molecular complexity index is 353. The lowest BCUT2D eigenvalue weighted by Gasteiger charge is -2.07. The maximum Gasteiger partial charge on any atom is 0.354 e. The molecule has 1 rings (SSSR count). The first-order valence-corrected chi connectivity index (χ1v) is 5.23. The van der Waals surface area contributed by atoms with Gasteiger partial charge < -0.3 is 5.11 Å². The smallest absolute Gasteiger partial charge is 0.354 e. The molecule has 15 heavy (non-hydrogen) atoms. The second kappa shape index (κ2) is 4.47. The Morgan fingerprint density at radius 2 is 2.07 bits per heavy atom. The largest absolute Gasteiger partial charge is 0.477 e. The third kappa shape index (κ3) is 2.81. The van der Waals surface area contributed by atoms with Crippen LogP contribution in [-0.2, 0) is 6.42 Å². The number of carboxylic acids is 1. The molecule has 0 radical (unpaired) electrons. The van der Waals surface area contributed by atoms with Crippen LogP contribution in [0.15, 0.2) is 6.07 Å². The van der Waals surface area contributed by atoms with E-state index in [9.17, 15) is 4.79 Å². The molecule has 0 aliphatic carbocycles. The Kier molecular flexibility index (Phi) is 3.50. The lowest BCUT2D eigenvalue weighted by atomic mass is 10.1. The van der Waals surface area contributed by atoms with Crippen molar-refractivity contribution in [2.45, 2.75) is 40.2 Å². The maximum atomic E-state index is 11.0. The summed E-state index contributed by atoms with van der Waals surface area (Å²) in [6.07, 6.45) is 0.819. The van der Waals surface area contributed by atoms with E-state index in [1.165, 1.54) is 0 Å². The van der Waals surface area contributed by atoms with Crippen LogP contribution in [0, 0.1) is 5.92 Å². The van der Waals surface area contributed by atoms with E-state index in [1.54, 1.807) is 10.7 Å². The fourth-order valence-corrected chi connectivity index (χ4v) is 1.52. The average molecular weight is 210 g/mol. The van der Waals surface area contributed by atoms with Crippen molar-refractivity contribution in [1.82, 2.24) is 9.78 Å². The second-order valence-corrected chi connectivity index (χ2v) is 4.46. The van der Waals surface area contributed by atoms with Crippen LogP contribution in [0.5, 0.6) is 0 Å². The summed E-state index contributed by atoms with van der Waals surface area (Å²) in [6, 6.07) is 1.75. The normalized spacial score (nSPS) is 11.3. The zero-order valence-electron chi connectivity index (χ0n) is 9.69. The fraction of sp³-hybridized carbons (Fsp3) is 0.636. The standard InChI is InChI=1S/C11H18N2O2/c1-7(2)5-9-6-10(11(14)15)13(12-9)8(3)4/h6-8H,5H2,1-4H3,(H,14,15). The van der Waals surface area contributed by atoms with E-state index in [2.05, 4.69) is 18.9 Å².